The average molecular weight is 287 g/mol. The van der Waals surface area contributed by atoms with Crippen molar-refractivity contribution < 1.29 is 9.13 Å². The Kier molecular flexibility index (Phi) is 5.76. The molecule has 1 atom stereocenters. The van der Waals surface area contributed by atoms with Crippen LogP contribution in [0, 0.1) is 5.82 Å². The van der Waals surface area contributed by atoms with E-state index in [1.54, 1.807) is 12.1 Å². The van der Waals surface area contributed by atoms with Gasteiger partial charge in [-0.2, -0.15) is 0 Å². The lowest BCUT2D eigenvalue weighted by atomic mass is 9.96. The molecular weight excluding hydrogens is 265 g/mol. The number of ether oxygens (including phenoxy) is 1. The van der Waals surface area contributed by atoms with E-state index in [2.05, 4.69) is 13.0 Å². The van der Waals surface area contributed by atoms with Gasteiger partial charge < -0.3 is 10.5 Å². The van der Waals surface area contributed by atoms with Gasteiger partial charge in [-0.25, -0.2) is 4.39 Å². The fourth-order valence-corrected chi connectivity index (χ4v) is 2.38. The lowest BCUT2D eigenvalue weighted by Crippen LogP contribution is -2.16. The number of benzene rings is 2. The highest BCUT2D eigenvalue weighted by molar-refractivity contribution is 5.28. The molecule has 0 saturated carbocycles. The van der Waals surface area contributed by atoms with Gasteiger partial charge in [-0.15, -0.1) is 0 Å². The lowest BCUT2D eigenvalue weighted by molar-refractivity contribution is 0.297. The molecule has 2 nitrogen and oxygen atoms in total. The van der Waals surface area contributed by atoms with Crippen LogP contribution in [0.5, 0.6) is 5.75 Å². The average Bonchev–Trinajstić information content (AvgIpc) is 2.53. The number of hydrogen-bond acceptors (Lipinski definition) is 2. The summed E-state index contributed by atoms with van der Waals surface area (Å²) in [4.78, 5) is 0. The summed E-state index contributed by atoms with van der Waals surface area (Å²) in [5.74, 6) is 0.653. The van der Waals surface area contributed by atoms with Crippen LogP contribution in [0.2, 0.25) is 0 Å². The Morgan fingerprint density at radius 2 is 1.95 bits per heavy atom. The molecule has 0 aliphatic heterocycles. The van der Waals surface area contributed by atoms with E-state index in [0.717, 1.165) is 12.2 Å². The molecule has 21 heavy (non-hydrogen) atoms. The van der Waals surface area contributed by atoms with Crippen LogP contribution < -0.4 is 10.5 Å². The van der Waals surface area contributed by atoms with Gasteiger partial charge in [0, 0.05) is 5.92 Å². The normalized spacial score (nSPS) is 12.1. The maximum Gasteiger partial charge on any atom is 0.126 e. The number of rotatable bonds is 7. The number of aryl methyl sites for hydroxylation is 1. The molecule has 1 unspecified atom stereocenters. The summed E-state index contributed by atoms with van der Waals surface area (Å²) in [6, 6.07) is 14.9. The highest BCUT2D eigenvalue weighted by Gasteiger charge is 2.13. The van der Waals surface area contributed by atoms with Gasteiger partial charge in [0.1, 0.15) is 11.6 Å². The van der Waals surface area contributed by atoms with Crippen molar-refractivity contribution in [3.63, 3.8) is 0 Å². The van der Waals surface area contributed by atoms with E-state index in [0.29, 0.717) is 25.1 Å². The molecule has 0 aromatic heterocycles. The topological polar surface area (TPSA) is 35.2 Å². The van der Waals surface area contributed by atoms with E-state index < -0.39 is 0 Å². The minimum Gasteiger partial charge on any atom is -0.494 e. The molecule has 0 aliphatic carbocycles. The quantitative estimate of drug-likeness (QED) is 0.838. The van der Waals surface area contributed by atoms with Crippen LogP contribution in [0.25, 0.3) is 0 Å². The van der Waals surface area contributed by atoms with Gasteiger partial charge >= 0.3 is 0 Å². The molecule has 2 aromatic carbocycles. The summed E-state index contributed by atoms with van der Waals surface area (Å²) in [6.07, 6.45) is 1.69. The molecule has 0 spiro atoms. The lowest BCUT2D eigenvalue weighted by Gasteiger charge is -2.16. The maximum absolute atomic E-state index is 13.8. The fourth-order valence-electron chi connectivity index (χ4n) is 2.38. The minimum absolute atomic E-state index is 0.0134. The third-order valence-electron chi connectivity index (χ3n) is 3.67. The second kappa shape index (κ2) is 7.79. The second-order valence-corrected chi connectivity index (χ2v) is 5.09. The fraction of sp³-hybridized carbons (Fsp3) is 0.333. The molecule has 2 rings (SSSR count). The molecule has 0 bridgehead atoms. The number of halogens is 1. The largest absolute Gasteiger partial charge is 0.494 e. The monoisotopic (exact) mass is 287 g/mol. The predicted molar refractivity (Wildman–Crippen MR) is 84.1 cm³/mol. The van der Waals surface area contributed by atoms with E-state index in [4.69, 9.17) is 10.5 Å². The van der Waals surface area contributed by atoms with Crippen LogP contribution in [-0.2, 0) is 6.42 Å². The van der Waals surface area contributed by atoms with Gasteiger partial charge in [0.05, 0.1) is 6.61 Å². The third-order valence-corrected chi connectivity index (χ3v) is 3.67. The number of nitrogens with two attached hydrogens (primary N) is 1. The Labute approximate surface area is 125 Å². The van der Waals surface area contributed by atoms with Gasteiger partial charge in [0.2, 0.25) is 0 Å². The molecular formula is C18H22FNO. The molecule has 2 N–H and O–H groups in total. The van der Waals surface area contributed by atoms with Gasteiger partial charge in [0.15, 0.2) is 0 Å². The van der Waals surface area contributed by atoms with Crippen LogP contribution in [-0.4, -0.2) is 13.2 Å². The Morgan fingerprint density at radius 1 is 1.14 bits per heavy atom. The zero-order valence-electron chi connectivity index (χ0n) is 12.4. The van der Waals surface area contributed by atoms with Crippen molar-refractivity contribution in [2.45, 2.75) is 25.7 Å². The van der Waals surface area contributed by atoms with Crippen LogP contribution in [0.4, 0.5) is 4.39 Å². The second-order valence-electron chi connectivity index (χ2n) is 5.09. The highest BCUT2D eigenvalue weighted by atomic mass is 19.1. The summed E-state index contributed by atoms with van der Waals surface area (Å²) in [6.45, 7) is 3.06. The van der Waals surface area contributed by atoms with Crippen LogP contribution in [0.1, 0.15) is 30.4 Å². The van der Waals surface area contributed by atoms with Crippen molar-refractivity contribution in [1.29, 1.82) is 0 Å². The zero-order chi connectivity index (χ0) is 15.1. The van der Waals surface area contributed by atoms with Crippen molar-refractivity contribution in [2.75, 3.05) is 13.2 Å². The Hall–Kier alpha value is -1.87. The summed E-state index contributed by atoms with van der Waals surface area (Å²) >= 11 is 0. The van der Waals surface area contributed by atoms with E-state index in [1.807, 2.05) is 24.3 Å². The summed E-state index contributed by atoms with van der Waals surface area (Å²) in [7, 11) is 0. The molecule has 2 aromatic rings. The van der Waals surface area contributed by atoms with Crippen molar-refractivity contribution >= 4 is 0 Å². The van der Waals surface area contributed by atoms with Gasteiger partial charge in [-0.3, -0.25) is 0 Å². The molecule has 0 heterocycles. The molecule has 112 valence electrons. The van der Waals surface area contributed by atoms with E-state index in [9.17, 15) is 4.39 Å². The molecule has 0 radical (unpaired) electrons. The molecule has 0 aliphatic rings. The summed E-state index contributed by atoms with van der Waals surface area (Å²) in [5.41, 5.74) is 7.70. The minimum atomic E-state index is -0.194. The molecule has 0 saturated heterocycles. The van der Waals surface area contributed by atoms with Gasteiger partial charge in [0.25, 0.3) is 0 Å². The predicted octanol–water partition coefficient (Wildman–Crippen LogP) is 3.90. The first-order valence-corrected chi connectivity index (χ1v) is 7.40. The van der Waals surface area contributed by atoms with Crippen molar-refractivity contribution in [2.24, 2.45) is 5.73 Å². The standard InChI is InChI=1S/C18H22FNO/c1-2-14-6-5-7-16(12-14)21-11-10-15(13-20)17-8-3-4-9-18(17)19/h3-9,12,15H,2,10-11,13,20H2,1H3. The molecule has 0 fully saturated rings. The van der Waals surface area contributed by atoms with Crippen molar-refractivity contribution in [1.82, 2.24) is 0 Å². The molecule has 0 amide bonds. The Morgan fingerprint density at radius 3 is 2.67 bits per heavy atom. The SMILES string of the molecule is CCc1cccc(OCCC(CN)c2ccccc2F)c1. The summed E-state index contributed by atoms with van der Waals surface area (Å²) in [5, 5.41) is 0. The Bertz CT molecular complexity index is 571. The molecule has 3 heteroatoms. The first-order chi connectivity index (χ1) is 10.2. The van der Waals surface area contributed by atoms with Gasteiger partial charge in [-0.1, -0.05) is 37.3 Å². The number of hydrogen-bond donors (Lipinski definition) is 1. The van der Waals surface area contributed by atoms with E-state index in [-0.39, 0.29) is 11.7 Å². The van der Waals surface area contributed by atoms with Crippen molar-refractivity contribution in [3.8, 4) is 5.75 Å². The summed E-state index contributed by atoms with van der Waals surface area (Å²) < 4.78 is 19.5. The van der Waals surface area contributed by atoms with Crippen LogP contribution in [0.3, 0.4) is 0 Å². The third kappa shape index (κ3) is 4.30. The maximum atomic E-state index is 13.8. The Balaban J connectivity index is 1.93. The first kappa shape index (κ1) is 15.5. The van der Waals surface area contributed by atoms with E-state index >= 15 is 0 Å². The smallest absolute Gasteiger partial charge is 0.126 e. The van der Waals surface area contributed by atoms with Crippen molar-refractivity contribution in [3.05, 3.63) is 65.5 Å². The van der Waals surface area contributed by atoms with Gasteiger partial charge in [-0.05, 0) is 48.7 Å². The van der Waals surface area contributed by atoms with Crippen LogP contribution >= 0.6 is 0 Å². The first-order valence-electron chi connectivity index (χ1n) is 7.40. The van der Waals surface area contributed by atoms with Crippen LogP contribution in [0.15, 0.2) is 48.5 Å². The zero-order valence-corrected chi connectivity index (χ0v) is 12.4. The van der Waals surface area contributed by atoms with E-state index in [1.165, 1.54) is 11.6 Å². The highest BCUT2D eigenvalue weighted by Crippen LogP contribution is 2.22.